The largest absolute Gasteiger partial charge is 0.491 e. The fourth-order valence-corrected chi connectivity index (χ4v) is 1.93. The smallest absolute Gasteiger partial charge is 0.170 e. The van der Waals surface area contributed by atoms with E-state index in [1.54, 1.807) is 12.1 Å². The number of benzene rings is 1. The lowest BCUT2D eigenvalue weighted by Gasteiger charge is -2.22. The van der Waals surface area contributed by atoms with Gasteiger partial charge in [-0.05, 0) is 31.4 Å². The van der Waals surface area contributed by atoms with Crippen LogP contribution >= 0.6 is 0 Å². The van der Waals surface area contributed by atoms with Gasteiger partial charge in [0.2, 0.25) is 0 Å². The topological polar surface area (TPSA) is 77.1 Å². The van der Waals surface area contributed by atoms with E-state index in [2.05, 4.69) is 5.16 Å². The Morgan fingerprint density at radius 1 is 1.50 bits per heavy atom. The van der Waals surface area contributed by atoms with E-state index >= 15 is 0 Å². The quantitative estimate of drug-likeness (QED) is 0.369. The first kappa shape index (κ1) is 12.7. The number of rotatable bonds is 4. The number of oxime groups is 1. The molecule has 0 aliphatic carbocycles. The SMILES string of the molecule is N/C(=N\O)c1cccc(OCC2CCCCO2)c1. The summed E-state index contributed by atoms with van der Waals surface area (Å²) < 4.78 is 11.2. The molecule has 98 valence electrons. The summed E-state index contributed by atoms with van der Waals surface area (Å²) in [7, 11) is 0. The molecule has 0 radical (unpaired) electrons. The molecule has 1 aromatic carbocycles. The zero-order valence-corrected chi connectivity index (χ0v) is 10.2. The molecular formula is C13H18N2O3. The predicted octanol–water partition coefficient (Wildman–Crippen LogP) is 1.73. The first-order valence-corrected chi connectivity index (χ1v) is 6.12. The Balaban J connectivity index is 1.92. The van der Waals surface area contributed by atoms with Crippen LogP contribution in [0.1, 0.15) is 24.8 Å². The highest BCUT2D eigenvalue weighted by atomic mass is 16.5. The van der Waals surface area contributed by atoms with E-state index in [9.17, 15) is 0 Å². The third-order valence-corrected chi connectivity index (χ3v) is 2.95. The van der Waals surface area contributed by atoms with Crippen molar-refractivity contribution < 1.29 is 14.7 Å². The monoisotopic (exact) mass is 250 g/mol. The summed E-state index contributed by atoms with van der Waals surface area (Å²) in [6.45, 7) is 1.36. The van der Waals surface area contributed by atoms with Gasteiger partial charge < -0.3 is 20.4 Å². The van der Waals surface area contributed by atoms with Crippen molar-refractivity contribution in [3.63, 3.8) is 0 Å². The van der Waals surface area contributed by atoms with Gasteiger partial charge in [0.25, 0.3) is 0 Å². The molecule has 5 heteroatoms. The summed E-state index contributed by atoms with van der Waals surface area (Å²) in [5.74, 6) is 0.780. The van der Waals surface area contributed by atoms with Crippen molar-refractivity contribution in [2.24, 2.45) is 10.9 Å². The van der Waals surface area contributed by atoms with E-state index in [1.165, 1.54) is 6.42 Å². The highest BCUT2D eigenvalue weighted by Gasteiger charge is 2.14. The highest BCUT2D eigenvalue weighted by Crippen LogP contribution is 2.17. The highest BCUT2D eigenvalue weighted by molar-refractivity contribution is 5.97. The summed E-state index contributed by atoms with van der Waals surface area (Å²) in [6, 6.07) is 7.16. The molecule has 18 heavy (non-hydrogen) atoms. The number of hydrogen-bond donors (Lipinski definition) is 2. The zero-order valence-electron chi connectivity index (χ0n) is 10.2. The van der Waals surface area contributed by atoms with Crippen LogP contribution < -0.4 is 10.5 Å². The van der Waals surface area contributed by atoms with E-state index in [-0.39, 0.29) is 11.9 Å². The van der Waals surface area contributed by atoms with Crippen molar-refractivity contribution in [1.29, 1.82) is 0 Å². The van der Waals surface area contributed by atoms with Crippen LogP contribution in [0.3, 0.4) is 0 Å². The van der Waals surface area contributed by atoms with Crippen molar-refractivity contribution in [3.05, 3.63) is 29.8 Å². The maximum atomic E-state index is 8.62. The molecular weight excluding hydrogens is 232 g/mol. The second-order valence-corrected chi connectivity index (χ2v) is 4.31. The van der Waals surface area contributed by atoms with Gasteiger partial charge in [-0.15, -0.1) is 0 Å². The summed E-state index contributed by atoms with van der Waals surface area (Å²) in [6.07, 6.45) is 3.54. The van der Waals surface area contributed by atoms with Crippen LogP contribution in [0.15, 0.2) is 29.4 Å². The molecule has 3 N–H and O–H groups in total. The molecule has 2 rings (SSSR count). The van der Waals surface area contributed by atoms with E-state index < -0.39 is 0 Å². The predicted molar refractivity (Wildman–Crippen MR) is 68.0 cm³/mol. The molecule has 1 unspecified atom stereocenters. The third-order valence-electron chi connectivity index (χ3n) is 2.95. The minimum Gasteiger partial charge on any atom is -0.491 e. The van der Waals surface area contributed by atoms with Gasteiger partial charge >= 0.3 is 0 Å². The lowest BCUT2D eigenvalue weighted by atomic mass is 10.1. The minimum absolute atomic E-state index is 0.0781. The first-order chi connectivity index (χ1) is 8.79. The van der Waals surface area contributed by atoms with Gasteiger partial charge in [-0.1, -0.05) is 17.3 Å². The molecule has 1 atom stereocenters. The van der Waals surface area contributed by atoms with E-state index in [4.69, 9.17) is 20.4 Å². The molecule has 5 nitrogen and oxygen atoms in total. The Morgan fingerprint density at radius 3 is 3.11 bits per heavy atom. The van der Waals surface area contributed by atoms with Gasteiger partial charge in [0, 0.05) is 12.2 Å². The van der Waals surface area contributed by atoms with E-state index in [0.29, 0.717) is 17.9 Å². The number of ether oxygens (including phenoxy) is 2. The zero-order chi connectivity index (χ0) is 12.8. The van der Waals surface area contributed by atoms with Gasteiger partial charge in [0.05, 0.1) is 6.10 Å². The maximum Gasteiger partial charge on any atom is 0.170 e. The molecule has 1 aliphatic heterocycles. The molecule has 0 saturated carbocycles. The van der Waals surface area contributed by atoms with Crippen LogP contribution in [0.4, 0.5) is 0 Å². The fourth-order valence-electron chi connectivity index (χ4n) is 1.93. The molecule has 1 aromatic rings. The van der Waals surface area contributed by atoms with Crippen molar-refractivity contribution in [3.8, 4) is 5.75 Å². The van der Waals surface area contributed by atoms with Crippen LogP contribution in [-0.4, -0.2) is 30.4 Å². The van der Waals surface area contributed by atoms with Gasteiger partial charge in [-0.2, -0.15) is 0 Å². The molecule has 1 aliphatic rings. The Kier molecular flexibility index (Phi) is 4.41. The lowest BCUT2D eigenvalue weighted by molar-refractivity contribution is -0.0110. The Labute approximate surface area is 106 Å². The van der Waals surface area contributed by atoms with E-state index in [0.717, 1.165) is 19.4 Å². The number of nitrogens with zero attached hydrogens (tertiary/aromatic N) is 1. The summed E-state index contributed by atoms with van der Waals surface area (Å²) in [5.41, 5.74) is 6.16. The third kappa shape index (κ3) is 3.37. The minimum atomic E-state index is 0.0781. The van der Waals surface area contributed by atoms with Gasteiger partial charge in [0.1, 0.15) is 12.4 Å². The van der Waals surface area contributed by atoms with Crippen molar-refractivity contribution >= 4 is 5.84 Å². The van der Waals surface area contributed by atoms with Crippen molar-refractivity contribution in [2.75, 3.05) is 13.2 Å². The first-order valence-electron chi connectivity index (χ1n) is 6.12. The van der Waals surface area contributed by atoms with Gasteiger partial charge in [-0.3, -0.25) is 0 Å². The average molecular weight is 250 g/mol. The molecule has 0 spiro atoms. The second-order valence-electron chi connectivity index (χ2n) is 4.31. The molecule has 0 aromatic heterocycles. The molecule has 1 heterocycles. The average Bonchev–Trinajstić information content (AvgIpc) is 2.45. The van der Waals surface area contributed by atoms with Gasteiger partial charge in [-0.25, -0.2) is 0 Å². The summed E-state index contributed by atoms with van der Waals surface area (Å²) in [4.78, 5) is 0. The van der Waals surface area contributed by atoms with E-state index in [1.807, 2.05) is 12.1 Å². The molecule has 0 amide bonds. The van der Waals surface area contributed by atoms with Crippen LogP contribution in [0.5, 0.6) is 5.75 Å². The molecule has 1 saturated heterocycles. The Bertz CT molecular complexity index is 414. The van der Waals surface area contributed by atoms with Crippen molar-refractivity contribution in [1.82, 2.24) is 0 Å². The summed E-state index contributed by atoms with van der Waals surface area (Å²) in [5, 5.41) is 11.6. The second kappa shape index (κ2) is 6.26. The Hall–Kier alpha value is -1.75. The molecule has 0 bridgehead atoms. The maximum absolute atomic E-state index is 8.62. The summed E-state index contributed by atoms with van der Waals surface area (Å²) >= 11 is 0. The van der Waals surface area contributed by atoms with Crippen LogP contribution in [0, 0.1) is 0 Å². The molecule has 1 fully saturated rings. The van der Waals surface area contributed by atoms with Crippen LogP contribution in [0.2, 0.25) is 0 Å². The standard InChI is InChI=1S/C13H18N2O3/c14-13(15-16)10-4-3-6-11(8-10)18-9-12-5-1-2-7-17-12/h3-4,6,8,12,16H,1-2,5,7,9H2,(H2,14,15). The number of hydrogen-bond acceptors (Lipinski definition) is 4. The lowest BCUT2D eigenvalue weighted by Crippen LogP contribution is -2.25. The van der Waals surface area contributed by atoms with Crippen LogP contribution in [0.25, 0.3) is 0 Å². The number of nitrogens with two attached hydrogens (primary N) is 1. The number of amidine groups is 1. The van der Waals surface area contributed by atoms with Crippen LogP contribution in [-0.2, 0) is 4.74 Å². The van der Waals surface area contributed by atoms with Crippen molar-refractivity contribution in [2.45, 2.75) is 25.4 Å². The normalized spacial score (nSPS) is 20.7. The van der Waals surface area contributed by atoms with Gasteiger partial charge in [0.15, 0.2) is 5.84 Å². The Morgan fingerprint density at radius 2 is 2.39 bits per heavy atom. The fraction of sp³-hybridized carbons (Fsp3) is 0.462.